The molecule has 1 aromatic heterocycles. The van der Waals surface area contributed by atoms with Gasteiger partial charge in [-0.15, -0.1) is 0 Å². The number of nitrogens with zero attached hydrogens (tertiary/aromatic N) is 1. The van der Waals surface area contributed by atoms with E-state index in [-0.39, 0.29) is 17.3 Å². The quantitative estimate of drug-likeness (QED) is 0.498. The number of aromatic nitrogens is 1. The lowest BCUT2D eigenvalue weighted by atomic mass is 9.71. The number of hydrogen-bond acceptors (Lipinski definition) is 6. The molecule has 6 nitrogen and oxygen atoms in total. The Labute approximate surface area is 197 Å². The van der Waals surface area contributed by atoms with E-state index in [0.717, 1.165) is 35.5 Å². The van der Waals surface area contributed by atoms with Gasteiger partial charge in [-0.05, 0) is 69.6 Å². The number of halogens is 3. The van der Waals surface area contributed by atoms with Crippen molar-refractivity contribution in [3.8, 4) is 5.88 Å². The summed E-state index contributed by atoms with van der Waals surface area (Å²) in [4.78, 5) is 15.3. The molecule has 34 heavy (non-hydrogen) atoms. The predicted molar refractivity (Wildman–Crippen MR) is 123 cm³/mol. The summed E-state index contributed by atoms with van der Waals surface area (Å²) in [6.07, 6.45) is -2.23. The second kappa shape index (κ2) is 8.57. The van der Waals surface area contributed by atoms with Crippen LogP contribution in [-0.2, 0) is 21.9 Å². The van der Waals surface area contributed by atoms with Crippen molar-refractivity contribution in [1.29, 1.82) is 0 Å². The smallest absolute Gasteiger partial charge is 0.480 e. The number of rotatable bonds is 5. The van der Waals surface area contributed by atoms with Crippen LogP contribution in [0.2, 0.25) is 0 Å². The van der Waals surface area contributed by atoms with Crippen LogP contribution in [0.15, 0.2) is 24.3 Å². The third-order valence-electron chi connectivity index (χ3n) is 7.00. The second-order valence-corrected chi connectivity index (χ2v) is 9.69. The van der Waals surface area contributed by atoms with Gasteiger partial charge < -0.3 is 19.4 Å². The highest BCUT2D eigenvalue weighted by molar-refractivity contribution is 6.62. The van der Waals surface area contributed by atoms with Gasteiger partial charge in [-0.25, -0.2) is 0 Å². The molecular formula is C24H28BF3N2O4. The van der Waals surface area contributed by atoms with Crippen LogP contribution in [0.25, 0.3) is 0 Å². The number of aldehydes is 1. The Morgan fingerprint density at radius 3 is 2.47 bits per heavy atom. The van der Waals surface area contributed by atoms with Gasteiger partial charge in [-0.2, -0.15) is 18.2 Å². The molecule has 4 rings (SSSR count). The molecule has 1 saturated heterocycles. The van der Waals surface area contributed by atoms with Crippen molar-refractivity contribution in [2.45, 2.75) is 70.4 Å². The van der Waals surface area contributed by atoms with Crippen LogP contribution in [0.5, 0.6) is 5.88 Å². The van der Waals surface area contributed by atoms with Gasteiger partial charge in [0.1, 0.15) is 5.82 Å². The second-order valence-electron chi connectivity index (χ2n) is 9.69. The summed E-state index contributed by atoms with van der Waals surface area (Å²) in [7, 11) is 0.702. The Bertz CT molecular complexity index is 1090. The van der Waals surface area contributed by atoms with Gasteiger partial charge in [-0.1, -0.05) is 18.2 Å². The molecule has 1 aliphatic carbocycles. The molecule has 0 spiro atoms. The van der Waals surface area contributed by atoms with Gasteiger partial charge in [0.05, 0.1) is 35.5 Å². The zero-order chi connectivity index (χ0) is 24.9. The molecule has 1 N–H and O–H groups in total. The highest BCUT2D eigenvalue weighted by Gasteiger charge is 2.52. The predicted octanol–water partition coefficient (Wildman–Crippen LogP) is 4.71. The van der Waals surface area contributed by atoms with Gasteiger partial charge in [0, 0.05) is 0 Å². The summed E-state index contributed by atoms with van der Waals surface area (Å²) in [5, 5.41) is 2.98. The Hall–Kier alpha value is -2.59. The van der Waals surface area contributed by atoms with Crippen LogP contribution in [0.1, 0.15) is 73.6 Å². The van der Waals surface area contributed by atoms with Crippen LogP contribution in [0.4, 0.5) is 19.0 Å². The number of anilines is 1. The van der Waals surface area contributed by atoms with E-state index in [1.807, 2.05) is 45.9 Å². The average Bonchev–Trinajstić information content (AvgIpc) is 2.99. The lowest BCUT2D eigenvalue weighted by molar-refractivity contribution is -0.137. The highest BCUT2D eigenvalue weighted by atomic mass is 19.4. The van der Waals surface area contributed by atoms with Gasteiger partial charge in [0.2, 0.25) is 5.88 Å². The first kappa shape index (κ1) is 24.5. The highest BCUT2D eigenvalue weighted by Crippen LogP contribution is 2.41. The SMILES string of the molecule is COc1nc(N[C@H]2CCCc3c(B4OC(C)(C)C(C)(C)O4)cccc32)c(C(F)(F)F)cc1C=O. The van der Waals surface area contributed by atoms with Gasteiger partial charge >= 0.3 is 13.3 Å². The molecular weight excluding hydrogens is 448 g/mol. The first-order valence-corrected chi connectivity index (χ1v) is 11.2. The number of hydrogen-bond donors (Lipinski definition) is 1. The third-order valence-corrected chi connectivity index (χ3v) is 7.00. The molecule has 1 atom stereocenters. The number of pyridine rings is 1. The molecule has 2 aromatic rings. The summed E-state index contributed by atoms with van der Waals surface area (Å²) in [5.74, 6) is -0.527. The molecule has 0 unspecified atom stereocenters. The summed E-state index contributed by atoms with van der Waals surface area (Å²) in [6.45, 7) is 7.92. The lowest BCUT2D eigenvalue weighted by Crippen LogP contribution is -2.41. The summed E-state index contributed by atoms with van der Waals surface area (Å²) >= 11 is 0. The first-order chi connectivity index (χ1) is 15.9. The Kier molecular flexibility index (Phi) is 6.18. The minimum Gasteiger partial charge on any atom is -0.480 e. The number of carbonyl (C=O) groups is 1. The fraction of sp³-hybridized carbons (Fsp3) is 0.500. The molecule has 0 bridgehead atoms. The molecule has 0 amide bonds. The maximum atomic E-state index is 13.8. The van der Waals surface area contributed by atoms with E-state index in [4.69, 9.17) is 14.0 Å². The molecule has 2 aliphatic rings. The number of benzene rings is 1. The van der Waals surface area contributed by atoms with Crippen LogP contribution in [0, 0.1) is 0 Å². The summed E-state index contributed by atoms with van der Waals surface area (Å²) < 4.78 is 58.9. The average molecular weight is 476 g/mol. The van der Waals surface area contributed by atoms with E-state index in [9.17, 15) is 18.0 Å². The number of carbonyl (C=O) groups excluding carboxylic acids is 1. The summed E-state index contributed by atoms with van der Waals surface area (Å²) in [5.41, 5.74) is 0.504. The Morgan fingerprint density at radius 1 is 1.21 bits per heavy atom. The number of nitrogens with one attached hydrogen (secondary N) is 1. The molecule has 2 heterocycles. The van der Waals surface area contributed by atoms with Gasteiger partial charge in [0.15, 0.2) is 6.29 Å². The van der Waals surface area contributed by atoms with Crippen molar-refractivity contribution >= 4 is 24.7 Å². The van der Waals surface area contributed by atoms with Crippen molar-refractivity contribution in [2.24, 2.45) is 0 Å². The fourth-order valence-corrected chi connectivity index (χ4v) is 4.47. The van der Waals surface area contributed by atoms with Gasteiger partial charge in [0.25, 0.3) is 0 Å². The van der Waals surface area contributed by atoms with Crippen LogP contribution in [0.3, 0.4) is 0 Å². The number of alkyl halides is 3. The van der Waals surface area contributed by atoms with Crippen molar-refractivity contribution in [2.75, 3.05) is 12.4 Å². The van der Waals surface area contributed by atoms with Crippen molar-refractivity contribution < 1.29 is 32.0 Å². The van der Waals surface area contributed by atoms with Crippen LogP contribution < -0.4 is 15.5 Å². The van der Waals surface area contributed by atoms with Crippen molar-refractivity contribution in [3.63, 3.8) is 0 Å². The number of ether oxygens (including phenoxy) is 1. The number of methoxy groups -OCH3 is 1. The Balaban J connectivity index is 1.72. The van der Waals surface area contributed by atoms with E-state index in [0.29, 0.717) is 12.7 Å². The standard InChI is InChI=1S/C24H28BF3N2O4/c1-22(2)23(3,4)34-25(33-22)18-10-6-9-16-15(18)8-7-11-19(16)29-20-17(24(26,27)28)12-14(13-31)21(30-20)32-5/h6,9-10,12-13,19H,7-8,11H2,1-5H3,(H,29,30)/t19-/m0/s1. The van der Waals surface area contributed by atoms with E-state index >= 15 is 0 Å². The molecule has 0 radical (unpaired) electrons. The minimum atomic E-state index is -4.69. The lowest BCUT2D eigenvalue weighted by Gasteiger charge is -2.32. The van der Waals surface area contributed by atoms with E-state index in [1.165, 1.54) is 7.11 Å². The van der Waals surface area contributed by atoms with Crippen molar-refractivity contribution in [3.05, 3.63) is 46.5 Å². The summed E-state index contributed by atoms with van der Waals surface area (Å²) in [6, 6.07) is 6.08. The maximum absolute atomic E-state index is 13.8. The topological polar surface area (TPSA) is 69.7 Å². The van der Waals surface area contributed by atoms with Crippen LogP contribution in [-0.4, -0.2) is 36.7 Å². The van der Waals surface area contributed by atoms with E-state index in [2.05, 4.69) is 10.3 Å². The molecule has 10 heteroatoms. The minimum absolute atomic E-state index is 0.160. The molecule has 0 saturated carbocycles. The molecule has 1 aromatic carbocycles. The molecule has 182 valence electrons. The maximum Gasteiger partial charge on any atom is 0.495 e. The van der Waals surface area contributed by atoms with Gasteiger partial charge in [-0.3, -0.25) is 4.79 Å². The monoisotopic (exact) mass is 476 g/mol. The zero-order valence-electron chi connectivity index (χ0n) is 19.9. The normalized spacial score (nSPS) is 21.2. The molecule has 1 aliphatic heterocycles. The first-order valence-electron chi connectivity index (χ1n) is 11.2. The molecule has 1 fully saturated rings. The van der Waals surface area contributed by atoms with Crippen molar-refractivity contribution in [1.82, 2.24) is 4.98 Å². The third kappa shape index (κ3) is 4.29. The fourth-order valence-electron chi connectivity index (χ4n) is 4.47. The zero-order valence-corrected chi connectivity index (χ0v) is 19.9. The largest absolute Gasteiger partial charge is 0.495 e. The van der Waals surface area contributed by atoms with E-state index in [1.54, 1.807) is 0 Å². The van der Waals surface area contributed by atoms with Crippen LogP contribution >= 0.6 is 0 Å². The van der Waals surface area contributed by atoms with E-state index < -0.39 is 36.1 Å². The number of fused-ring (bicyclic) bond motifs is 1. The Morgan fingerprint density at radius 2 is 1.88 bits per heavy atom.